The number of aliphatic hydroxyl groups is 1. The quantitative estimate of drug-likeness (QED) is 0.751. The predicted octanol–water partition coefficient (Wildman–Crippen LogP) is 1.63. The molecule has 0 saturated carbocycles. The Kier molecular flexibility index (Phi) is 3.49. The molecular weight excluding hydrogens is 172 g/mol. The summed E-state index contributed by atoms with van der Waals surface area (Å²) in [7, 11) is 0. The topological polar surface area (TPSA) is 45.1 Å². The molecule has 1 rings (SSSR count). The molecule has 0 bridgehead atoms. The summed E-state index contributed by atoms with van der Waals surface area (Å²) < 4.78 is 0. The maximum absolute atomic E-state index is 8.98. The molecule has 0 aliphatic rings. The average Bonchev–Trinajstić information content (AvgIpc) is 2.35. The maximum Gasteiger partial charge on any atom is 0.182 e. The number of nitrogens with one attached hydrogen (secondary N) is 1. The van der Waals surface area contributed by atoms with Crippen LogP contribution in [0.1, 0.15) is 19.0 Å². The van der Waals surface area contributed by atoms with E-state index in [0.717, 1.165) is 23.8 Å². The lowest BCUT2D eigenvalue weighted by Crippen LogP contribution is -2.09. The Labute approximate surface area is 76.5 Å². The van der Waals surface area contributed by atoms with Crippen LogP contribution in [0.3, 0.4) is 0 Å². The molecule has 2 N–H and O–H groups in total. The first-order valence-corrected chi connectivity index (χ1v) is 4.90. The van der Waals surface area contributed by atoms with Gasteiger partial charge in [-0.3, -0.25) is 0 Å². The Morgan fingerprint density at radius 1 is 1.75 bits per heavy atom. The Hall–Kier alpha value is -0.610. The van der Waals surface area contributed by atoms with Crippen LogP contribution in [0.5, 0.6) is 0 Å². The Balaban J connectivity index is 2.24. The third kappa shape index (κ3) is 3.19. The summed E-state index contributed by atoms with van der Waals surface area (Å²) in [6, 6.07) is 0. The van der Waals surface area contributed by atoms with Gasteiger partial charge in [-0.2, -0.15) is 0 Å². The zero-order valence-electron chi connectivity index (χ0n) is 7.37. The van der Waals surface area contributed by atoms with E-state index in [1.54, 1.807) is 18.3 Å². The minimum absolute atomic E-state index is 0.237. The lowest BCUT2D eigenvalue weighted by atomic mass is 10.3. The van der Waals surface area contributed by atoms with E-state index >= 15 is 0 Å². The second kappa shape index (κ2) is 4.42. The van der Waals surface area contributed by atoms with E-state index in [9.17, 15) is 0 Å². The van der Waals surface area contributed by atoms with Gasteiger partial charge in [0.05, 0.1) is 11.8 Å². The van der Waals surface area contributed by atoms with Crippen molar-refractivity contribution in [1.29, 1.82) is 0 Å². The fourth-order valence-electron chi connectivity index (χ4n) is 0.823. The number of nitrogens with zero attached hydrogens (tertiary/aromatic N) is 1. The van der Waals surface area contributed by atoms with Gasteiger partial charge in [0.15, 0.2) is 5.13 Å². The fourth-order valence-corrected chi connectivity index (χ4v) is 1.54. The number of aryl methyl sites for hydroxylation is 1. The molecule has 1 heterocycles. The van der Waals surface area contributed by atoms with Crippen LogP contribution in [-0.2, 0) is 0 Å². The summed E-state index contributed by atoms with van der Waals surface area (Å²) in [6.07, 6.45) is 0.525. The van der Waals surface area contributed by atoms with Gasteiger partial charge in [-0.25, -0.2) is 4.98 Å². The van der Waals surface area contributed by atoms with E-state index in [2.05, 4.69) is 10.3 Å². The minimum Gasteiger partial charge on any atom is -0.393 e. The molecule has 1 aromatic heterocycles. The van der Waals surface area contributed by atoms with Crippen LogP contribution in [0.25, 0.3) is 0 Å². The largest absolute Gasteiger partial charge is 0.393 e. The van der Waals surface area contributed by atoms with Crippen LogP contribution in [-0.4, -0.2) is 22.7 Å². The van der Waals surface area contributed by atoms with Gasteiger partial charge in [-0.1, -0.05) is 0 Å². The van der Waals surface area contributed by atoms with Crippen LogP contribution in [0.4, 0.5) is 5.13 Å². The summed E-state index contributed by atoms with van der Waals surface area (Å²) in [5, 5.41) is 15.1. The molecule has 0 aliphatic heterocycles. The maximum atomic E-state index is 8.98. The van der Waals surface area contributed by atoms with Gasteiger partial charge in [-0.05, 0) is 20.3 Å². The summed E-state index contributed by atoms with van der Waals surface area (Å²) in [4.78, 5) is 4.23. The molecule has 0 spiro atoms. The van der Waals surface area contributed by atoms with E-state index in [1.807, 2.05) is 12.3 Å². The lowest BCUT2D eigenvalue weighted by molar-refractivity contribution is 0.189. The monoisotopic (exact) mass is 186 g/mol. The smallest absolute Gasteiger partial charge is 0.182 e. The van der Waals surface area contributed by atoms with E-state index in [1.165, 1.54) is 0 Å². The predicted molar refractivity (Wildman–Crippen MR) is 51.6 cm³/mol. The second-order valence-corrected chi connectivity index (χ2v) is 3.72. The summed E-state index contributed by atoms with van der Waals surface area (Å²) >= 11 is 1.60. The standard InChI is InChI=1S/C8H14N2OS/c1-6-5-12-8(10-6)9-4-3-7(2)11/h5,7,11H,3-4H2,1-2H3,(H,9,10). The molecule has 1 atom stereocenters. The number of hydrogen-bond acceptors (Lipinski definition) is 4. The molecule has 1 unspecified atom stereocenters. The van der Waals surface area contributed by atoms with Gasteiger partial charge in [0, 0.05) is 11.9 Å². The van der Waals surface area contributed by atoms with E-state index < -0.39 is 0 Å². The number of rotatable bonds is 4. The fraction of sp³-hybridized carbons (Fsp3) is 0.625. The zero-order valence-corrected chi connectivity index (χ0v) is 8.19. The minimum atomic E-state index is -0.237. The molecule has 4 heteroatoms. The van der Waals surface area contributed by atoms with Gasteiger partial charge in [0.2, 0.25) is 0 Å². The first-order chi connectivity index (χ1) is 5.68. The highest BCUT2D eigenvalue weighted by atomic mass is 32.1. The van der Waals surface area contributed by atoms with Crippen LogP contribution in [0.15, 0.2) is 5.38 Å². The molecule has 12 heavy (non-hydrogen) atoms. The molecule has 0 aromatic carbocycles. The number of aromatic nitrogens is 1. The molecule has 3 nitrogen and oxygen atoms in total. The number of hydrogen-bond donors (Lipinski definition) is 2. The highest BCUT2D eigenvalue weighted by molar-refractivity contribution is 7.13. The summed E-state index contributed by atoms with van der Waals surface area (Å²) in [5.41, 5.74) is 1.04. The molecule has 68 valence electrons. The van der Waals surface area contributed by atoms with Crippen molar-refractivity contribution < 1.29 is 5.11 Å². The van der Waals surface area contributed by atoms with Gasteiger partial charge < -0.3 is 10.4 Å². The van der Waals surface area contributed by atoms with Crippen molar-refractivity contribution >= 4 is 16.5 Å². The molecule has 0 saturated heterocycles. The van der Waals surface area contributed by atoms with Crippen molar-refractivity contribution in [3.05, 3.63) is 11.1 Å². The first kappa shape index (κ1) is 9.48. The average molecular weight is 186 g/mol. The molecular formula is C8H14N2OS. The second-order valence-electron chi connectivity index (χ2n) is 2.86. The van der Waals surface area contributed by atoms with Crippen LogP contribution < -0.4 is 5.32 Å². The Morgan fingerprint density at radius 2 is 2.50 bits per heavy atom. The number of thiazole rings is 1. The first-order valence-electron chi connectivity index (χ1n) is 4.02. The van der Waals surface area contributed by atoms with Crippen molar-refractivity contribution in [2.24, 2.45) is 0 Å². The number of aliphatic hydroxyl groups excluding tert-OH is 1. The van der Waals surface area contributed by atoms with Gasteiger partial charge in [0.25, 0.3) is 0 Å². The van der Waals surface area contributed by atoms with Crippen molar-refractivity contribution in [2.75, 3.05) is 11.9 Å². The van der Waals surface area contributed by atoms with Crippen molar-refractivity contribution in [3.63, 3.8) is 0 Å². The normalized spacial score (nSPS) is 12.9. The van der Waals surface area contributed by atoms with Crippen molar-refractivity contribution in [2.45, 2.75) is 26.4 Å². The Bertz CT molecular complexity index is 235. The van der Waals surface area contributed by atoms with E-state index in [4.69, 9.17) is 5.11 Å². The molecule has 0 fully saturated rings. The molecule has 1 aromatic rings. The third-order valence-corrected chi connectivity index (χ3v) is 2.38. The number of anilines is 1. The van der Waals surface area contributed by atoms with Crippen LogP contribution in [0, 0.1) is 6.92 Å². The molecule has 0 aliphatic carbocycles. The zero-order chi connectivity index (χ0) is 8.97. The summed E-state index contributed by atoms with van der Waals surface area (Å²) in [6.45, 7) is 4.54. The SMILES string of the molecule is Cc1csc(NCCC(C)O)n1. The summed E-state index contributed by atoms with van der Waals surface area (Å²) in [5.74, 6) is 0. The van der Waals surface area contributed by atoms with Gasteiger partial charge >= 0.3 is 0 Å². The van der Waals surface area contributed by atoms with Crippen molar-refractivity contribution in [3.8, 4) is 0 Å². The highest BCUT2D eigenvalue weighted by Gasteiger charge is 1.98. The van der Waals surface area contributed by atoms with Gasteiger partial charge in [0.1, 0.15) is 0 Å². The molecule has 0 amide bonds. The van der Waals surface area contributed by atoms with E-state index in [-0.39, 0.29) is 6.10 Å². The highest BCUT2D eigenvalue weighted by Crippen LogP contribution is 2.13. The Morgan fingerprint density at radius 3 is 3.00 bits per heavy atom. The van der Waals surface area contributed by atoms with Crippen molar-refractivity contribution in [1.82, 2.24) is 4.98 Å². The van der Waals surface area contributed by atoms with E-state index in [0.29, 0.717) is 0 Å². The van der Waals surface area contributed by atoms with Crippen LogP contribution >= 0.6 is 11.3 Å². The lowest BCUT2D eigenvalue weighted by Gasteiger charge is -2.03. The van der Waals surface area contributed by atoms with Gasteiger partial charge in [-0.15, -0.1) is 11.3 Å². The third-order valence-electron chi connectivity index (χ3n) is 1.46. The molecule has 0 radical (unpaired) electrons. The van der Waals surface area contributed by atoms with Crippen LogP contribution in [0.2, 0.25) is 0 Å².